The Morgan fingerprint density at radius 2 is 1.85 bits per heavy atom. The Morgan fingerprint density at radius 1 is 1.10 bits per heavy atom. The van der Waals surface area contributed by atoms with Gasteiger partial charge in [0.1, 0.15) is 11.6 Å². The second kappa shape index (κ2) is 12.9. The molecule has 4 rings (SSSR count). The lowest BCUT2D eigenvalue weighted by Gasteiger charge is -2.29. The van der Waals surface area contributed by atoms with Gasteiger partial charge in [0.15, 0.2) is 0 Å². The maximum absolute atomic E-state index is 13.9. The summed E-state index contributed by atoms with van der Waals surface area (Å²) in [6.45, 7) is 2.72. The van der Waals surface area contributed by atoms with Crippen molar-refractivity contribution in [2.75, 3.05) is 13.6 Å². The van der Waals surface area contributed by atoms with Crippen molar-refractivity contribution in [2.24, 2.45) is 5.92 Å². The molecule has 9 heteroatoms. The van der Waals surface area contributed by atoms with Crippen molar-refractivity contribution >= 4 is 11.8 Å². The van der Waals surface area contributed by atoms with Crippen LogP contribution in [0.2, 0.25) is 0 Å². The van der Waals surface area contributed by atoms with E-state index in [1.807, 2.05) is 24.3 Å². The predicted molar refractivity (Wildman–Crippen MR) is 143 cm³/mol. The number of nitrogens with one attached hydrogen (secondary N) is 2. The SMILES string of the molecule is CCc1cccc(CNCC(O)C(Cc2cc(F)cc(F)c2)NC(=O)C2CC(=O)N(C)C2c2cccnc2)c1. The first-order valence-corrected chi connectivity index (χ1v) is 13.1. The summed E-state index contributed by atoms with van der Waals surface area (Å²) in [4.78, 5) is 31.8. The molecule has 3 aromatic rings. The number of likely N-dealkylation sites (tertiary alicyclic amines) is 1. The minimum atomic E-state index is -1.07. The molecule has 0 spiro atoms. The maximum Gasteiger partial charge on any atom is 0.226 e. The molecule has 0 radical (unpaired) electrons. The van der Waals surface area contributed by atoms with Gasteiger partial charge in [0.25, 0.3) is 0 Å². The van der Waals surface area contributed by atoms with Crippen LogP contribution in [0.25, 0.3) is 0 Å². The highest BCUT2D eigenvalue weighted by molar-refractivity contribution is 5.90. The Morgan fingerprint density at radius 3 is 2.54 bits per heavy atom. The molecule has 2 aromatic carbocycles. The van der Waals surface area contributed by atoms with Crippen LogP contribution in [-0.4, -0.2) is 52.5 Å². The van der Waals surface area contributed by atoms with E-state index in [0.717, 1.165) is 23.6 Å². The van der Waals surface area contributed by atoms with Crippen LogP contribution in [0.5, 0.6) is 0 Å². The summed E-state index contributed by atoms with van der Waals surface area (Å²) in [5.41, 5.74) is 3.29. The third-order valence-corrected chi connectivity index (χ3v) is 7.20. The van der Waals surface area contributed by atoms with E-state index in [2.05, 4.69) is 28.6 Å². The van der Waals surface area contributed by atoms with E-state index in [9.17, 15) is 23.5 Å². The number of carbonyl (C=O) groups excluding carboxylic acids is 2. The molecule has 0 saturated carbocycles. The fourth-order valence-electron chi connectivity index (χ4n) is 5.13. The molecule has 206 valence electrons. The molecule has 0 aliphatic carbocycles. The average molecular weight is 537 g/mol. The number of aryl methyl sites for hydroxylation is 1. The van der Waals surface area contributed by atoms with Gasteiger partial charge in [-0.15, -0.1) is 0 Å². The lowest BCUT2D eigenvalue weighted by Crippen LogP contribution is -2.50. The summed E-state index contributed by atoms with van der Waals surface area (Å²) in [5, 5.41) is 17.2. The summed E-state index contributed by atoms with van der Waals surface area (Å²) in [7, 11) is 1.65. The van der Waals surface area contributed by atoms with E-state index in [-0.39, 0.29) is 25.3 Å². The molecule has 4 unspecified atom stereocenters. The third kappa shape index (κ3) is 7.25. The number of aromatic nitrogens is 1. The Labute approximate surface area is 227 Å². The van der Waals surface area contributed by atoms with E-state index < -0.39 is 41.6 Å². The van der Waals surface area contributed by atoms with Crippen molar-refractivity contribution in [1.29, 1.82) is 0 Å². The second-order valence-corrected chi connectivity index (χ2v) is 10.0. The van der Waals surface area contributed by atoms with Crippen molar-refractivity contribution in [3.63, 3.8) is 0 Å². The quantitative estimate of drug-likeness (QED) is 0.350. The first-order valence-electron chi connectivity index (χ1n) is 13.1. The average Bonchev–Trinajstić information content (AvgIpc) is 3.22. The highest BCUT2D eigenvalue weighted by Gasteiger charge is 2.43. The zero-order valence-corrected chi connectivity index (χ0v) is 22.1. The summed E-state index contributed by atoms with van der Waals surface area (Å²) >= 11 is 0. The first-order chi connectivity index (χ1) is 18.7. The summed E-state index contributed by atoms with van der Waals surface area (Å²) in [6, 6.07) is 13.4. The Kier molecular flexibility index (Phi) is 9.37. The third-order valence-electron chi connectivity index (χ3n) is 7.20. The van der Waals surface area contributed by atoms with Crippen molar-refractivity contribution < 1.29 is 23.5 Å². The van der Waals surface area contributed by atoms with Gasteiger partial charge in [-0.1, -0.05) is 37.3 Å². The standard InChI is InChI=1S/C30H34F2N4O3/c1-3-19-6-4-7-20(10-19)16-34-18-27(37)26(13-21-11-23(31)14-24(32)12-21)35-30(39)25-15-28(38)36(2)29(25)22-8-5-9-33-17-22/h4-12,14,17,25-27,29,34,37H,3,13,15-16,18H2,1-2H3,(H,35,39). The van der Waals surface area contributed by atoms with Gasteiger partial charge in [-0.3, -0.25) is 14.6 Å². The summed E-state index contributed by atoms with van der Waals surface area (Å²) < 4.78 is 27.8. The van der Waals surface area contributed by atoms with Gasteiger partial charge in [-0.05, 0) is 53.3 Å². The van der Waals surface area contributed by atoms with Crippen LogP contribution in [0, 0.1) is 17.6 Å². The van der Waals surface area contributed by atoms with E-state index in [4.69, 9.17) is 0 Å². The van der Waals surface area contributed by atoms with Gasteiger partial charge in [0.05, 0.1) is 24.1 Å². The maximum atomic E-state index is 13.9. The van der Waals surface area contributed by atoms with E-state index in [0.29, 0.717) is 12.1 Å². The molecule has 4 atom stereocenters. The highest BCUT2D eigenvalue weighted by atomic mass is 19.1. The number of hydrogen-bond acceptors (Lipinski definition) is 5. The molecule has 1 saturated heterocycles. The fourth-order valence-corrected chi connectivity index (χ4v) is 5.13. The van der Waals surface area contributed by atoms with Gasteiger partial charge in [0, 0.05) is 45.0 Å². The van der Waals surface area contributed by atoms with Crippen LogP contribution in [-0.2, 0) is 29.0 Å². The summed E-state index contributed by atoms with van der Waals surface area (Å²) in [5.74, 6) is -2.78. The number of benzene rings is 2. The number of pyridine rings is 1. The zero-order valence-electron chi connectivity index (χ0n) is 22.1. The van der Waals surface area contributed by atoms with E-state index in [1.165, 1.54) is 22.6 Å². The van der Waals surface area contributed by atoms with Crippen molar-refractivity contribution in [1.82, 2.24) is 20.5 Å². The molecule has 3 N–H and O–H groups in total. The van der Waals surface area contributed by atoms with Crippen LogP contribution in [0.4, 0.5) is 8.78 Å². The van der Waals surface area contributed by atoms with Gasteiger partial charge in [-0.25, -0.2) is 8.78 Å². The molecule has 1 aliphatic rings. The fraction of sp³-hybridized carbons (Fsp3) is 0.367. The minimum absolute atomic E-state index is 0.00263. The van der Waals surface area contributed by atoms with E-state index >= 15 is 0 Å². The molecule has 7 nitrogen and oxygen atoms in total. The van der Waals surface area contributed by atoms with Crippen LogP contribution < -0.4 is 10.6 Å². The largest absolute Gasteiger partial charge is 0.390 e. The van der Waals surface area contributed by atoms with Crippen LogP contribution >= 0.6 is 0 Å². The second-order valence-electron chi connectivity index (χ2n) is 10.0. The van der Waals surface area contributed by atoms with Crippen LogP contribution in [0.3, 0.4) is 0 Å². The number of hydrogen-bond donors (Lipinski definition) is 3. The Balaban J connectivity index is 1.50. The molecular weight excluding hydrogens is 502 g/mol. The Hall–Kier alpha value is -3.69. The van der Waals surface area contributed by atoms with Crippen LogP contribution in [0.15, 0.2) is 67.0 Å². The topological polar surface area (TPSA) is 94.6 Å². The molecule has 1 fully saturated rings. The lowest BCUT2D eigenvalue weighted by molar-refractivity contribution is -0.129. The molecule has 1 aromatic heterocycles. The Bertz CT molecular complexity index is 1270. The van der Waals surface area contributed by atoms with Crippen LogP contribution in [0.1, 0.15) is 41.6 Å². The smallest absolute Gasteiger partial charge is 0.226 e. The first kappa shape index (κ1) is 28.3. The molecular formula is C30H34F2N4O3. The highest BCUT2D eigenvalue weighted by Crippen LogP contribution is 2.37. The predicted octanol–water partition coefficient (Wildman–Crippen LogP) is 3.32. The van der Waals surface area contributed by atoms with Crippen molar-refractivity contribution in [2.45, 2.75) is 50.9 Å². The number of carbonyl (C=O) groups is 2. The molecule has 2 heterocycles. The number of aliphatic hydroxyl groups excluding tert-OH is 1. The molecule has 1 aliphatic heterocycles. The monoisotopic (exact) mass is 536 g/mol. The molecule has 39 heavy (non-hydrogen) atoms. The lowest BCUT2D eigenvalue weighted by atomic mass is 9.92. The number of amides is 2. The molecule has 0 bridgehead atoms. The normalized spacial score (nSPS) is 18.7. The van der Waals surface area contributed by atoms with Crippen molar-refractivity contribution in [3.05, 3.63) is 101 Å². The van der Waals surface area contributed by atoms with E-state index in [1.54, 1.807) is 25.5 Å². The number of halogens is 2. The zero-order chi connectivity index (χ0) is 27.9. The van der Waals surface area contributed by atoms with Crippen molar-refractivity contribution in [3.8, 4) is 0 Å². The van der Waals surface area contributed by atoms with Gasteiger partial charge >= 0.3 is 0 Å². The van der Waals surface area contributed by atoms with Gasteiger partial charge < -0.3 is 20.6 Å². The molecule has 2 amide bonds. The van der Waals surface area contributed by atoms with Gasteiger partial charge in [-0.2, -0.15) is 0 Å². The summed E-state index contributed by atoms with van der Waals surface area (Å²) in [6.07, 6.45) is 3.09. The number of rotatable bonds is 11. The minimum Gasteiger partial charge on any atom is -0.390 e. The number of aliphatic hydroxyl groups is 1. The number of nitrogens with zero attached hydrogens (tertiary/aromatic N) is 2. The van der Waals surface area contributed by atoms with Gasteiger partial charge in [0.2, 0.25) is 11.8 Å².